The number of piperazine rings is 1. The van der Waals surface area contributed by atoms with Crippen molar-refractivity contribution in [3.05, 3.63) is 59.9 Å². The van der Waals surface area contributed by atoms with Crippen LogP contribution in [0.5, 0.6) is 5.75 Å². The van der Waals surface area contributed by atoms with Crippen LogP contribution in [0.25, 0.3) is 0 Å². The van der Waals surface area contributed by atoms with Gasteiger partial charge in [0.2, 0.25) is 0 Å². The topological polar surface area (TPSA) is 53.0 Å². The van der Waals surface area contributed by atoms with Crippen LogP contribution in [0.1, 0.15) is 23.7 Å². The fraction of sp³-hybridized carbons (Fsp3) is 0.409. The lowest BCUT2D eigenvalue weighted by Gasteiger charge is -2.36. The van der Waals surface area contributed by atoms with E-state index in [1.54, 1.807) is 36.4 Å². The van der Waals surface area contributed by atoms with Crippen LogP contribution in [0.2, 0.25) is 0 Å². The quantitative estimate of drug-likeness (QED) is 0.707. The predicted octanol–water partition coefficient (Wildman–Crippen LogP) is 2.98. The number of hydrogen-bond donors (Lipinski definition) is 1. The number of aliphatic hydroxyl groups excluding tert-OH is 1. The van der Waals surface area contributed by atoms with E-state index in [1.165, 1.54) is 12.1 Å². The monoisotopic (exact) mass is 386 g/mol. The van der Waals surface area contributed by atoms with Crippen molar-refractivity contribution in [1.29, 1.82) is 0 Å². The van der Waals surface area contributed by atoms with E-state index in [2.05, 4.69) is 9.80 Å². The van der Waals surface area contributed by atoms with Gasteiger partial charge in [0, 0.05) is 50.4 Å². The number of aliphatic hydroxyl groups is 1. The van der Waals surface area contributed by atoms with Gasteiger partial charge in [-0.1, -0.05) is 6.92 Å². The Balaban J connectivity index is 1.40. The van der Waals surface area contributed by atoms with Gasteiger partial charge in [-0.15, -0.1) is 0 Å². The molecule has 150 valence electrons. The lowest BCUT2D eigenvalue weighted by atomic mass is 10.1. The summed E-state index contributed by atoms with van der Waals surface area (Å²) in [7, 11) is 0. The molecule has 0 amide bonds. The molecule has 1 aliphatic heterocycles. The van der Waals surface area contributed by atoms with E-state index in [-0.39, 0.29) is 18.2 Å². The van der Waals surface area contributed by atoms with Crippen LogP contribution in [0, 0.1) is 5.82 Å². The van der Waals surface area contributed by atoms with E-state index in [0.29, 0.717) is 24.3 Å². The largest absolute Gasteiger partial charge is 0.491 e. The van der Waals surface area contributed by atoms with Crippen molar-refractivity contribution in [2.24, 2.45) is 0 Å². The molecule has 1 aliphatic rings. The first-order chi connectivity index (χ1) is 13.5. The van der Waals surface area contributed by atoms with E-state index in [1.807, 2.05) is 6.92 Å². The Bertz CT molecular complexity index is 756. The molecule has 1 saturated heterocycles. The standard InChI is InChI=1S/C22H27FN2O3/c1-2-22(27)17-3-9-21(10-4-17)28-16-20(26)15-24-11-13-25(14-12-24)19-7-5-18(23)6-8-19/h3-10,20,26H,2,11-16H2,1H3/t20-/m1/s1. The number of ketones is 1. The van der Waals surface area contributed by atoms with Crippen LogP contribution in [0.15, 0.2) is 48.5 Å². The number of carbonyl (C=O) groups excluding carboxylic acids is 1. The number of benzene rings is 2. The Labute approximate surface area is 165 Å². The molecule has 1 N–H and O–H groups in total. The Kier molecular flexibility index (Phi) is 7.01. The molecule has 0 radical (unpaired) electrons. The fourth-order valence-electron chi connectivity index (χ4n) is 3.32. The van der Waals surface area contributed by atoms with Gasteiger partial charge >= 0.3 is 0 Å². The molecule has 0 aromatic heterocycles. The molecule has 1 heterocycles. The van der Waals surface area contributed by atoms with E-state index in [4.69, 9.17) is 4.74 Å². The summed E-state index contributed by atoms with van der Waals surface area (Å²) in [6.45, 7) is 5.94. The normalized spacial score (nSPS) is 16.0. The minimum Gasteiger partial charge on any atom is -0.491 e. The van der Waals surface area contributed by atoms with E-state index in [0.717, 1.165) is 31.9 Å². The first-order valence-corrected chi connectivity index (χ1v) is 9.72. The van der Waals surface area contributed by atoms with Gasteiger partial charge in [0.25, 0.3) is 0 Å². The number of nitrogens with zero attached hydrogens (tertiary/aromatic N) is 2. The third kappa shape index (κ3) is 5.53. The minimum atomic E-state index is -0.589. The Morgan fingerprint density at radius 2 is 1.71 bits per heavy atom. The first-order valence-electron chi connectivity index (χ1n) is 9.72. The molecule has 0 unspecified atom stereocenters. The highest BCUT2D eigenvalue weighted by atomic mass is 19.1. The molecule has 0 bridgehead atoms. The van der Waals surface area contributed by atoms with Crippen molar-refractivity contribution < 1.29 is 19.0 Å². The fourth-order valence-corrected chi connectivity index (χ4v) is 3.32. The smallest absolute Gasteiger partial charge is 0.162 e. The van der Waals surface area contributed by atoms with Crippen LogP contribution in [-0.2, 0) is 0 Å². The lowest BCUT2D eigenvalue weighted by molar-refractivity contribution is 0.0663. The zero-order chi connectivity index (χ0) is 19.9. The molecular weight excluding hydrogens is 359 g/mol. The summed E-state index contributed by atoms with van der Waals surface area (Å²) in [5.41, 5.74) is 1.70. The van der Waals surface area contributed by atoms with Crippen LogP contribution >= 0.6 is 0 Å². The summed E-state index contributed by atoms with van der Waals surface area (Å²) in [6, 6.07) is 13.6. The summed E-state index contributed by atoms with van der Waals surface area (Å²) in [5, 5.41) is 10.3. The average molecular weight is 386 g/mol. The van der Waals surface area contributed by atoms with E-state index >= 15 is 0 Å². The van der Waals surface area contributed by atoms with Crippen molar-refractivity contribution >= 4 is 11.5 Å². The van der Waals surface area contributed by atoms with Gasteiger partial charge in [0.1, 0.15) is 24.3 Å². The second-order valence-electron chi connectivity index (χ2n) is 7.03. The van der Waals surface area contributed by atoms with Crippen LogP contribution < -0.4 is 9.64 Å². The van der Waals surface area contributed by atoms with Crippen molar-refractivity contribution in [2.45, 2.75) is 19.4 Å². The maximum absolute atomic E-state index is 13.0. The maximum atomic E-state index is 13.0. The van der Waals surface area contributed by atoms with E-state index in [9.17, 15) is 14.3 Å². The highest BCUT2D eigenvalue weighted by Gasteiger charge is 2.20. The summed E-state index contributed by atoms with van der Waals surface area (Å²) in [5.74, 6) is 0.524. The van der Waals surface area contributed by atoms with Gasteiger partial charge in [0.15, 0.2) is 5.78 Å². The summed E-state index contributed by atoms with van der Waals surface area (Å²) < 4.78 is 18.7. The number of rotatable bonds is 8. The molecule has 5 nitrogen and oxygen atoms in total. The maximum Gasteiger partial charge on any atom is 0.162 e. The number of anilines is 1. The zero-order valence-electron chi connectivity index (χ0n) is 16.2. The van der Waals surface area contributed by atoms with Gasteiger partial charge in [-0.3, -0.25) is 9.69 Å². The van der Waals surface area contributed by atoms with Crippen molar-refractivity contribution in [3.63, 3.8) is 0 Å². The van der Waals surface area contributed by atoms with Crippen LogP contribution in [0.4, 0.5) is 10.1 Å². The second kappa shape index (κ2) is 9.66. The molecule has 0 spiro atoms. The molecule has 6 heteroatoms. The van der Waals surface area contributed by atoms with Crippen LogP contribution in [-0.4, -0.2) is 61.2 Å². The third-order valence-electron chi connectivity index (χ3n) is 4.97. The highest BCUT2D eigenvalue weighted by molar-refractivity contribution is 5.95. The number of Topliss-reactive ketones (excluding diaryl/α,β-unsaturated/α-hetero) is 1. The molecule has 1 fully saturated rings. The summed E-state index contributed by atoms with van der Waals surface area (Å²) in [4.78, 5) is 16.1. The van der Waals surface area contributed by atoms with Gasteiger partial charge in [0.05, 0.1) is 0 Å². The van der Waals surface area contributed by atoms with E-state index < -0.39 is 6.10 Å². The zero-order valence-corrected chi connectivity index (χ0v) is 16.2. The molecule has 1 atom stereocenters. The second-order valence-corrected chi connectivity index (χ2v) is 7.03. The molecule has 28 heavy (non-hydrogen) atoms. The molecule has 0 saturated carbocycles. The van der Waals surface area contributed by atoms with Crippen molar-refractivity contribution in [3.8, 4) is 5.75 Å². The molecular formula is C22H27FN2O3. The number of hydrogen-bond acceptors (Lipinski definition) is 5. The third-order valence-corrected chi connectivity index (χ3v) is 4.97. The molecule has 2 aromatic carbocycles. The van der Waals surface area contributed by atoms with Crippen LogP contribution in [0.3, 0.4) is 0 Å². The number of ether oxygens (including phenoxy) is 1. The van der Waals surface area contributed by atoms with Gasteiger partial charge < -0.3 is 14.7 Å². The van der Waals surface area contributed by atoms with Gasteiger partial charge in [-0.25, -0.2) is 4.39 Å². The molecule has 3 rings (SSSR count). The Morgan fingerprint density at radius 1 is 1.07 bits per heavy atom. The SMILES string of the molecule is CCC(=O)c1ccc(OC[C@H](O)CN2CCN(c3ccc(F)cc3)CC2)cc1. The highest BCUT2D eigenvalue weighted by Crippen LogP contribution is 2.17. The predicted molar refractivity (Wildman–Crippen MR) is 108 cm³/mol. The average Bonchev–Trinajstić information content (AvgIpc) is 2.73. The Hall–Kier alpha value is -2.44. The van der Waals surface area contributed by atoms with Crippen molar-refractivity contribution in [1.82, 2.24) is 4.90 Å². The number of β-amino-alcohol motifs (C(OH)–C–C–N with tert-alkyl or cyclic N) is 1. The molecule has 2 aromatic rings. The van der Waals surface area contributed by atoms with Gasteiger partial charge in [-0.2, -0.15) is 0 Å². The van der Waals surface area contributed by atoms with Gasteiger partial charge in [-0.05, 0) is 48.5 Å². The number of carbonyl (C=O) groups is 1. The number of halogens is 1. The van der Waals surface area contributed by atoms with Crippen molar-refractivity contribution in [2.75, 3.05) is 44.2 Å². The minimum absolute atomic E-state index is 0.103. The first kappa shape index (κ1) is 20.3. The summed E-state index contributed by atoms with van der Waals surface area (Å²) in [6.07, 6.45) is -0.109. The Morgan fingerprint density at radius 3 is 2.32 bits per heavy atom. The lowest BCUT2D eigenvalue weighted by Crippen LogP contribution is -2.49. The molecule has 0 aliphatic carbocycles. The summed E-state index contributed by atoms with van der Waals surface area (Å²) >= 11 is 0.